The molecule has 2 aromatic rings. The van der Waals surface area contributed by atoms with Gasteiger partial charge in [0.2, 0.25) is 11.8 Å². The van der Waals surface area contributed by atoms with Crippen LogP contribution in [-0.4, -0.2) is 58.4 Å². The van der Waals surface area contributed by atoms with Crippen molar-refractivity contribution in [1.29, 1.82) is 0 Å². The van der Waals surface area contributed by atoms with Gasteiger partial charge in [-0.3, -0.25) is 14.4 Å². The first-order chi connectivity index (χ1) is 15.0. The van der Waals surface area contributed by atoms with Crippen LogP contribution in [0.4, 0.5) is 0 Å². The number of benzene rings is 2. The molecular formula is C23H26N2O4S2. The van der Waals surface area contributed by atoms with Gasteiger partial charge in [-0.1, -0.05) is 60.7 Å². The number of hydrogen-bond acceptors (Lipinski definition) is 5. The van der Waals surface area contributed by atoms with Crippen molar-refractivity contribution in [2.45, 2.75) is 17.7 Å². The molecule has 2 aromatic carbocycles. The Morgan fingerprint density at radius 1 is 1.13 bits per heavy atom. The fourth-order valence-electron chi connectivity index (χ4n) is 3.55. The number of hydrogen-bond donors (Lipinski definition) is 3. The van der Waals surface area contributed by atoms with E-state index in [9.17, 15) is 19.5 Å². The summed E-state index contributed by atoms with van der Waals surface area (Å²) in [6, 6.07) is 18.6. The molecule has 1 saturated heterocycles. The highest BCUT2D eigenvalue weighted by Crippen LogP contribution is 2.33. The third kappa shape index (κ3) is 6.51. The Hall–Kier alpha value is -2.45. The number of thiol groups is 1. The second kappa shape index (κ2) is 11.2. The van der Waals surface area contributed by atoms with Crippen LogP contribution in [0.1, 0.15) is 16.4 Å². The van der Waals surface area contributed by atoms with Gasteiger partial charge in [0.1, 0.15) is 12.6 Å². The topological polar surface area (TPSA) is 86.7 Å². The average Bonchev–Trinajstić information content (AvgIpc) is 2.92. The van der Waals surface area contributed by atoms with Gasteiger partial charge in [0.15, 0.2) is 0 Å². The van der Waals surface area contributed by atoms with Crippen LogP contribution in [0.25, 0.3) is 0 Å². The van der Waals surface area contributed by atoms with Gasteiger partial charge in [-0.25, -0.2) is 0 Å². The monoisotopic (exact) mass is 458 g/mol. The molecule has 1 aliphatic heterocycles. The van der Waals surface area contributed by atoms with Gasteiger partial charge in [-0.2, -0.15) is 12.6 Å². The highest BCUT2D eigenvalue weighted by atomic mass is 32.2. The van der Waals surface area contributed by atoms with E-state index in [-0.39, 0.29) is 29.5 Å². The summed E-state index contributed by atoms with van der Waals surface area (Å²) in [4.78, 5) is 38.7. The summed E-state index contributed by atoms with van der Waals surface area (Å²) in [6.45, 7) is -0.110. The second-order valence-corrected chi connectivity index (χ2v) is 9.08. The molecule has 31 heavy (non-hydrogen) atoms. The zero-order valence-corrected chi connectivity index (χ0v) is 18.7. The highest BCUT2D eigenvalue weighted by Gasteiger charge is 2.35. The van der Waals surface area contributed by atoms with E-state index in [2.05, 4.69) is 17.9 Å². The number of amides is 2. The molecule has 1 aliphatic rings. The molecule has 0 aromatic heterocycles. The van der Waals surface area contributed by atoms with Crippen molar-refractivity contribution in [1.82, 2.24) is 10.2 Å². The molecule has 3 atom stereocenters. The maximum atomic E-state index is 13.1. The molecule has 164 valence electrons. The first kappa shape index (κ1) is 23.2. The van der Waals surface area contributed by atoms with Crippen LogP contribution in [0.2, 0.25) is 0 Å². The molecule has 0 radical (unpaired) electrons. The van der Waals surface area contributed by atoms with Gasteiger partial charge in [-0.15, -0.1) is 11.8 Å². The molecule has 1 heterocycles. The number of aliphatic carboxylic acids is 1. The summed E-state index contributed by atoms with van der Waals surface area (Å²) in [6.07, 6.45) is 0.524. The van der Waals surface area contributed by atoms with Crippen molar-refractivity contribution < 1.29 is 19.5 Å². The van der Waals surface area contributed by atoms with Gasteiger partial charge in [0.25, 0.3) is 0 Å². The standard InChI is InChI=1S/C23H26N2O4S2/c26-21(27)13-25-12-20(17-9-5-2-6-10-17)31-15-19(23(25)29)24-22(28)18(14-30)11-16-7-3-1-4-8-16/h1-10,18-20,30H,11-15H2,(H,24,28)(H,26,27)/t18-,19+,20+/m1/s1. The summed E-state index contributed by atoms with van der Waals surface area (Å²) in [7, 11) is 0. The Morgan fingerprint density at radius 2 is 1.77 bits per heavy atom. The minimum atomic E-state index is -1.07. The van der Waals surface area contributed by atoms with Crippen LogP contribution in [0.3, 0.4) is 0 Å². The SMILES string of the molecule is O=C(O)CN1C[C@@H](c2ccccc2)SC[C@H](NC(=O)[C@@H](CS)Cc2ccccc2)C1=O. The number of thioether (sulfide) groups is 1. The van der Waals surface area contributed by atoms with Crippen LogP contribution in [0.15, 0.2) is 60.7 Å². The molecule has 0 unspecified atom stereocenters. The Labute approximate surface area is 191 Å². The largest absolute Gasteiger partial charge is 0.480 e. The summed E-state index contributed by atoms with van der Waals surface area (Å²) in [5, 5.41) is 12.1. The zero-order chi connectivity index (χ0) is 22.2. The summed E-state index contributed by atoms with van der Waals surface area (Å²) >= 11 is 5.89. The van der Waals surface area contributed by atoms with Gasteiger partial charge in [-0.05, 0) is 17.5 Å². The summed E-state index contributed by atoms with van der Waals surface area (Å²) < 4.78 is 0. The lowest BCUT2D eigenvalue weighted by Gasteiger charge is -2.25. The van der Waals surface area contributed by atoms with E-state index in [0.717, 1.165) is 11.1 Å². The van der Waals surface area contributed by atoms with Gasteiger partial charge in [0, 0.05) is 23.3 Å². The van der Waals surface area contributed by atoms with Crippen LogP contribution in [0.5, 0.6) is 0 Å². The van der Waals surface area contributed by atoms with Crippen molar-refractivity contribution in [3.8, 4) is 0 Å². The number of carbonyl (C=O) groups is 3. The normalized spacial score (nSPS) is 20.0. The first-order valence-electron chi connectivity index (χ1n) is 10.1. The zero-order valence-electron chi connectivity index (χ0n) is 17.0. The van der Waals surface area contributed by atoms with Crippen molar-refractivity contribution in [2.75, 3.05) is 24.6 Å². The van der Waals surface area contributed by atoms with Gasteiger partial charge in [0.05, 0.1) is 5.92 Å². The van der Waals surface area contributed by atoms with Crippen molar-refractivity contribution >= 4 is 42.2 Å². The lowest BCUT2D eigenvalue weighted by molar-refractivity contribution is -0.145. The van der Waals surface area contributed by atoms with Crippen LogP contribution < -0.4 is 5.32 Å². The molecule has 3 rings (SSSR count). The lowest BCUT2D eigenvalue weighted by atomic mass is 10.00. The maximum Gasteiger partial charge on any atom is 0.323 e. The van der Waals surface area contributed by atoms with Crippen LogP contribution in [-0.2, 0) is 20.8 Å². The molecule has 6 nitrogen and oxygen atoms in total. The fraction of sp³-hybridized carbons (Fsp3) is 0.348. The smallest absolute Gasteiger partial charge is 0.323 e. The number of nitrogens with zero attached hydrogens (tertiary/aromatic N) is 1. The number of rotatable bonds is 8. The average molecular weight is 459 g/mol. The van der Waals surface area contributed by atoms with E-state index < -0.39 is 18.6 Å². The van der Waals surface area contributed by atoms with E-state index in [4.69, 9.17) is 0 Å². The Kier molecular flexibility index (Phi) is 8.43. The first-order valence-corrected chi connectivity index (χ1v) is 11.8. The third-order valence-electron chi connectivity index (χ3n) is 5.19. The molecular weight excluding hydrogens is 432 g/mol. The molecule has 0 bridgehead atoms. The number of carboxylic acids is 1. The molecule has 8 heteroatoms. The maximum absolute atomic E-state index is 13.1. The van der Waals surface area contributed by atoms with E-state index >= 15 is 0 Å². The van der Waals surface area contributed by atoms with E-state index in [0.29, 0.717) is 17.9 Å². The van der Waals surface area contributed by atoms with Crippen molar-refractivity contribution in [3.63, 3.8) is 0 Å². The van der Waals surface area contributed by atoms with E-state index in [1.807, 2.05) is 60.7 Å². The Balaban J connectivity index is 1.73. The van der Waals surface area contributed by atoms with E-state index in [1.54, 1.807) is 11.8 Å². The predicted octanol–water partition coefficient (Wildman–Crippen LogP) is 2.66. The second-order valence-electron chi connectivity index (χ2n) is 7.48. The van der Waals surface area contributed by atoms with Gasteiger partial charge >= 0.3 is 5.97 Å². The van der Waals surface area contributed by atoms with Crippen molar-refractivity contribution in [2.24, 2.45) is 5.92 Å². The predicted molar refractivity (Wildman–Crippen MR) is 125 cm³/mol. The Morgan fingerprint density at radius 3 is 2.39 bits per heavy atom. The number of carboxylic acid groups (broad SMARTS) is 1. The molecule has 0 aliphatic carbocycles. The number of nitrogens with one attached hydrogen (secondary N) is 1. The minimum absolute atomic E-state index is 0.0589. The lowest BCUT2D eigenvalue weighted by Crippen LogP contribution is -2.51. The van der Waals surface area contributed by atoms with Crippen LogP contribution in [0, 0.1) is 5.92 Å². The van der Waals surface area contributed by atoms with Crippen molar-refractivity contribution in [3.05, 3.63) is 71.8 Å². The third-order valence-corrected chi connectivity index (χ3v) is 6.98. The van der Waals surface area contributed by atoms with Crippen LogP contribution >= 0.6 is 24.4 Å². The quantitative estimate of drug-likeness (QED) is 0.530. The molecule has 2 amide bonds. The molecule has 0 spiro atoms. The molecule has 0 saturated carbocycles. The molecule has 2 N–H and O–H groups in total. The molecule has 1 fully saturated rings. The van der Waals surface area contributed by atoms with Gasteiger partial charge < -0.3 is 15.3 Å². The summed E-state index contributed by atoms with van der Waals surface area (Å²) in [5.74, 6) is -1.34. The summed E-state index contributed by atoms with van der Waals surface area (Å²) in [5.41, 5.74) is 2.05. The Bertz CT molecular complexity index is 895. The fourth-order valence-corrected chi connectivity index (χ4v) is 5.13. The minimum Gasteiger partial charge on any atom is -0.480 e. The highest BCUT2D eigenvalue weighted by molar-refractivity contribution is 7.99. The number of carbonyl (C=O) groups excluding carboxylic acids is 2. The van der Waals surface area contributed by atoms with E-state index in [1.165, 1.54) is 4.90 Å².